The van der Waals surface area contributed by atoms with Gasteiger partial charge in [-0.05, 0) is 24.3 Å². The molecule has 1 heterocycles. The van der Waals surface area contributed by atoms with Gasteiger partial charge in [0.25, 0.3) is 5.56 Å². The number of Topliss-reactive ketones (excluding diaryl/α,β-unsaturated/α-hetero) is 1. The van der Waals surface area contributed by atoms with E-state index < -0.39 is 35.2 Å². The summed E-state index contributed by atoms with van der Waals surface area (Å²) in [5, 5.41) is 0.625. The zero-order valence-electron chi connectivity index (χ0n) is 13.8. The average molecular weight is 398 g/mol. The van der Waals surface area contributed by atoms with E-state index in [2.05, 4.69) is 0 Å². The Morgan fingerprint density at radius 3 is 2.58 bits per heavy atom. The second-order valence-corrected chi connectivity index (χ2v) is 6.82. The molecular formula is C16H16ClN3O5S. The van der Waals surface area contributed by atoms with Gasteiger partial charge in [-0.15, -0.1) is 11.8 Å². The Labute approximate surface area is 157 Å². The van der Waals surface area contributed by atoms with E-state index in [1.165, 1.54) is 18.8 Å². The number of benzene rings is 1. The van der Waals surface area contributed by atoms with Crippen LogP contribution in [0.25, 0.3) is 0 Å². The number of esters is 1. The normalized spacial score (nSPS) is 10.5. The lowest BCUT2D eigenvalue weighted by molar-refractivity contribution is -0.141. The summed E-state index contributed by atoms with van der Waals surface area (Å²) in [6, 6.07) is 7.15. The van der Waals surface area contributed by atoms with Crippen molar-refractivity contribution in [2.75, 3.05) is 18.1 Å². The fourth-order valence-electron chi connectivity index (χ4n) is 1.98. The van der Waals surface area contributed by atoms with Gasteiger partial charge >= 0.3 is 11.7 Å². The van der Waals surface area contributed by atoms with Crippen LogP contribution in [0.4, 0.5) is 5.82 Å². The molecule has 26 heavy (non-hydrogen) atoms. The second kappa shape index (κ2) is 8.72. The van der Waals surface area contributed by atoms with Crippen molar-refractivity contribution in [3.63, 3.8) is 0 Å². The molecule has 0 saturated carbocycles. The molecule has 0 aliphatic carbocycles. The van der Waals surface area contributed by atoms with Gasteiger partial charge in [-0.1, -0.05) is 11.6 Å². The Kier molecular flexibility index (Phi) is 6.64. The summed E-state index contributed by atoms with van der Waals surface area (Å²) in [4.78, 5) is 49.8. The number of nitrogens with one attached hydrogen (secondary N) is 1. The first kappa shape index (κ1) is 19.8. The summed E-state index contributed by atoms with van der Waals surface area (Å²) in [6.45, 7) is -0.629. The molecule has 1 aromatic heterocycles. The monoisotopic (exact) mass is 397 g/mol. The molecule has 0 atom stereocenters. The number of halogens is 1. The number of H-pyrrole nitrogens is 1. The third kappa shape index (κ3) is 4.99. The predicted octanol–water partition coefficient (Wildman–Crippen LogP) is 1.22. The zero-order valence-corrected chi connectivity index (χ0v) is 15.4. The molecule has 10 heteroatoms. The maximum Gasteiger partial charge on any atom is 0.329 e. The number of ether oxygens (including phenoxy) is 1. The third-order valence-corrected chi connectivity index (χ3v) is 4.67. The molecule has 0 unspecified atom stereocenters. The highest BCUT2D eigenvalue weighted by Gasteiger charge is 2.19. The van der Waals surface area contributed by atoms with Crippen LogP contribution in [0.2, 0.25) is 5.02 Å². The first-order chi connectivity index (χ1) is 12.3. The van der Waals surface area contributed by atoms with Crippen LogP contribution in [-0.4, -0.2) is 33.7 Å². The summed E-state index contributed by atoms with van der Waals surface area (Å²) in [6.07, 6.45) is 0.0830. The van der Waals surface area contributed by atoms with Gasteiger partial charge in [0.15, 0.2) is 6.61 Å². The topological polar surface area (TPSA) is 124 Å². The first-order valence-electron chi connectivity index (χ1n) is 7.45. The van der Waals surface area contributed by atoms with E-state index >= 15 is 0 Å². The number of anilines is 1. The number of aromatic amines is 1. The van der Waals surface area contributed by atoms with Crippen molar-refractivity contribution in [2.45, 2.75) is 11.3 Å². The van der Waals surface area contributed by atoms with E-state index in [-0.39, 0.29) is 12.2 Å². The highest BCUT2D eigenvalue weighted by molar-refractivity contribution is 7.99. The first-order valence-corrected chi connectivity index (χ1v) is 8.82. The molecule has 2 aromatic rings. The number of aromatic nitrogens is 2. The standard InChI is InChI=1S/C16H16ClN3O5S/c1-20-14(18)13(15(23)19-16(20)24)11(21)8-25-12(22)6-7-26-10-4-2-9(17)3-5-10/h2-5H,6-8,18H2,1H3,(H,19,23,24). The van der Waals surface area contributed by atoms with Gasteiger partial charge in [0.2, 0.25) is 5.78 Å². The summed E-state index contributed by atoms with van der Waals surface area (Å²) in [7, 11) is 1.31. The summed E-state index contributed by atoms with van der Waals surface area (Å²) in [5.74, 6) is -1.19. The Bertz CT molecular complexity index is 936. The highest BCUT2D eigenvalue weighted by atomic mass is 35.5. The Morgan fingerprint density at radius 2 is 1.92 bits per heavy atom. The van der Waals surface area contributed by atoms with Crippen molar-refractivity contribution < 1.29 is 14.3 Å². The predicted molar refractivity (Wildman–Crippen MR) is 98.8 cm³/mol. The van der Waals surface area contributed by atoms with Crippen LogP contribution in [0.3, 0.4) is 0 Å². The number of hydrogen-bond donors (Lipinski definition) is 2. The number of hydrogen-bond acceptors (Lipinski definition) is 7. The van der Waals surface area contributed by atoms with E-state index in [1.54, 1.807) is 12.1 Å². The minimum Gasteiger partial charge on any atom is -0.457 e. The van der Waals surface area contributed by atoms with Crippen LogP contribution >= 0.6 is 23.4 Å². The zero-order chi connectivity index (χ0) is 19.3. The molecule has 0 saturated heterocycles. The number of carbonyl (C=O) groups is 2. The fourth-order valence-corrected chi connectivity index (χ4v) is 2.94. The van der Waals surface area contributed by atoms with Crippen LogP contribution in [0.1, 0.15) is 16.8 Å². The molecule has 0 aliphatic rings. The SMILES string of the molecule is Cn1c(N)c(C(=O)COC(=O)CCSc2ccc(Cl)cc2)c(=O)[nH]c1=O. The molecular weight excluding hydrogens is 382 g/mol. The van der Waals surface area contributed by atoms with Crippen molar-refractivity contribution in [3.05, 3.63) is 55.7 Å². The number of carbonyl (C=O) groups excluding carboxylic acids is 2. The van der Waals surface area contributed by atoms with Crippen LogP contribution < -0.4 is 17.0 Å². The molecule has 0 radical (unpaired) electrons. The molecule has 0 bridgehead atoms. The van der Waals surface area contributed by atoms with Gasteiger partial charge in [-0.25, -0.2) is 4.79 Å². The molecule has 3 N–H and O–H groups in total. The smallest absolute Gasteiger partial charge is 0.329 e. The van der Waals surface area contributed by atoms with Crippen LogP contribution in [0.15, 0.2) is 38.8 Å². The molecule has 2 rings (SSSR count). The van der Waals surface area contributed by atoms with Crippen molar-refractivity contribution in [2.24, 2.45) is 7.05 Å². The molecule has 0 amide bonds. The minimum absolute atomic E-state index is 0.0830. The molecule has 138 valence electrons. The number of thioether (sulfide) groups is 1. The Hall–Kier alpha value is -2.52. The largest absolute Gasteiger partial charge is 0.457 e. The van der Waals surface area contributed by atoms with Crippen LogP contribution in [0.5, 0.6) is 0 Å². The lowest BCUT2D eigenvalue weighted by atomic mass is 10.2. The highest BCUT2D eigenvalue weighted by Crippen LogP contribution is 2.21. The van der Waals surface area contributed by atoms with Crippen LogP contribution in [0, 0.1) is 0 Å². The fraction of sp³-hybridized carbons (Fsp3) is 0.250. The molecule has 1 aromatic carbocycles. The maximum atomic E-state index is 12.1. The second-order valence-electron chi connectivity index (χ2n) is 5.21. The van der Waals surface area contributed by atoms with Gasteiger partial charge in [0.05, 0.1) is 6.42 Å². The minimum atomic E-state index is -0.912. The number of nitrogens with two attached hydrogens (primary N) is 1. The van der Waals surface area contributed by atoms with E-state index in [0.717, 1.165) is 9.46 Å². The van der Waals surface area contributed by atoms with Crippen molar-refractivity contribution in [1.82, 2.24) is 9.55 Å². The summed E-state index contributed by atoms with van der Waals surface area (Å²) >= 11 is 7.23. The summed E-state index contributed by atoms with van der Waals surface area (Å²) in [5.41, 5.74) is 3.56. The molecule has 0 aliphatic heterocycles. The number of ketones is 1. The van der Waals surface area contributed by atoms with Crippen molar-refractivity contribution in [1.29, 1.82) is 0 Å². The molecule has 0 spiro atoms. The third-order valence-electron chi connectivity index (χ3n) is 3.40. The lowest BCUT2D eigenvalue weighted by Crippen LogP contribution is -2.35. The summed E-state index contributed by atoms with van der Waals surface area (Å²) < 4.78 is 5.81. The average Bonchev–Trinajstić information content (AvgIpc) is 2.60. The van der Waals surface area contributed by atoms with Gasteiger partial charge in [0.1, 0.15) is 11.4 Å². The number of rotatable bonds is 7. The number of nitrogens with zero attached hydrogens (tertiary/aromatic N) is 1. The lowest BCUT2D eigenvalue weighted by Gasteiger charge is -2.08. The molecule has 0 fully saturated rings. The van der Waals surface area contributed by atoms with E-state index in [1.807, 2.05) is 17.1 Å². The van der Waals surface area contributed by atoms with Crippen LogP contribution in [-0.2, 0) is 16.6 Å². The molecule has 8 nitrogen and oxygen atoms in total. The Morgan fingerprint density at radius 1 is 1.27 bits per heavy atom. The van der Waals surface area contributed by atoms with E-state index in [0.29, 0.717) is 10.8 Å². The quantitative estimate of drug-likeness (QED) is 0.408. The maximum absolute atomic E-state index is 12.1. The van der Waals surface area contributed by atoms with Gasteiger partial charge < -0.3 is 10.5 Å². The van der Waals surface area contributed by atoms with Gasteiger partial charge in [-0.3, -0.25) is 23.9 Å². The number of nitrogen functional groups attached to an aromatic ring is 1. The van der Waals surface area contributed by atoms with Gasteiger partial charge in [0, 0.05) is 22.7 Å². The van der Waals surface area contributed by atoms with E-state index in [9.17, 15) is 19.2 Å². The van der Waals surface area contributed by atoms with Crippen molar-refractivity contribution >= 4 is 40.9 Å². The van der Waals surface area contributed by atoms with Crippen molar-refractivity contribution in [3.8, 4) is 0 Å². The Balaban J connectivity index is 1.86. The van der Waals surface area contributed by atoms with E-state index in [4.69, 9.17) is 22.1 Å². The van der Waals surface area contributed by atoms with Gasteiger partial charge in [-0.2, -0.15) is 0 Å².